The summed E-state index contributed by atoms with van der Waals surface area (Å²) in [5, 5.41) is 9.30. The Morgan fingerprint density at radius 3 is 2.75 bits per heavy atom. The minimum absolute atomic E-state index is 0.0426. The zero-order valence-corrected chi connectivity index (χ0v) is 6.50. The van der Waals surface area contributed by atoms with E-state index in [0.29, 0.717) is 0 Å². The molecule has 4 heteroatoms. The molecule has 1 aromatic carbocycles. The van der Waals surface area contributed by atoms with Gasteiger partial charge in [0.25, 0.3) is 0 Å². The molecule has 4 nitrogen and oxygen atoms in total. The summed E-state index contributed by atoms with van der Waals surface area (Å²) in [6, 6.07) is 2.85. The Balaban J connectivity index is 3.33. The lowest BCUT2D eigenvalue weighted by Crippen LogP contribution is -1.94. The van der Waals surface area contributed by atoms with Gasteiger partial charge in [0, 0.05) is 0 Å². The molecule has 0 bridgehead atoms. The van der Waals surface area contributed by atoms with E-state index in [2.05, 4.69) is 0 Å². The Labute approximate surface area is 69.6 Å². The third-order valence-electron chi connectivity index (χ3n) is 1.48. The molecule has 0 aromatic heterocycles. The molecular weight excluding hydrogens is 158 g/mol. The molecule has 0 atom stereocenters. The van der Waals surface area contributed by atoms with Crippen molar-refractivity contribution in [1.29, 1.82) is 0 Å². The minimum atomic E-state index is -0.271. The lowest BCUT2D eigenvalue weighted by molar-refractivity contribution is 0.374. The average molecular weight is 166 g/mol. The molecule has 0 saturated heterocycles. The predicted molar refractivity (Wildman–Crippen MR) is 43.9 cm³/mol. The van der Waals surface area contributed by atoms with E-state index in [1.807, 2.05) is 0 Å². The van der Waals surface area contributed by atoms with Gasteiger partial charge in [-0.15, -0.1) is 0 Å². The number of rotatable bonds is 2. The lowest BCUT2D eigenvalue weighted by atomic mass is 10.2. The standard InChI is InChI=1S/C8H8NO3/c1-12-8-6(9)3-2-5(4-10)7(8)11/h2-3,11H,9H2,1H3. The van der Waals surface area contributed by atoms with Crippen molar-refractivity contribution in [1.82, 2.24) is 0 Å². The predicted octanol–water partition coefficient (Wildman–Crippen LogP) is 0.441. The van der Waals surface area contributed by atoms with E-state index in [9.17, 15) is 9.90 Å². The van der Waals surface area contributed by atoms with E-state index >= 15 is 0 Å². The summed E-state index contributed by atoms with van der Waals surface area (Å²) >= 11 is 0. The van der Waals surface area contributed by atoms with Crippen molar-refractivity contribution in [3.8, 4) is 11.5 Å². The number of ether oxygens (including phenoxy) is 1. The van der Waals surface area contributed by atoms with Gasteiger partial charge in [0.1, 0.15) is 0 Å². The Hall–Kier alpha value is -1.71. The summed E-state index contributed by atoms with van der Waals surface area (Å²) in [5.74, 6) is -0.164. The number of aromatic hydroxyl groups is 1. The SMILES string of the molecule is COc1c(N)ccc([C]=O)c1O. The Morgan fingerprint density at radius 2 is 2.25 bits per heavy atom. The van der Waals surface area contributed by atoms with Gasteiger partial charge >= 0.3 is 0 Å². The zero-order chi connectivity index (χ0) is 9.14. The molecule has 12 heavy (non-hydrogen) atoms. The van der Waals surface area contributed by atoms with Crippen LogP contribution in [0.15, 0.2) is 12.1 Å². The molecule has 0 saturated carbocycles. The summed E-state index contributed by atoms with van der Waals surface area (Å²) in [6.07, 6.45) is 1.56. The Kier molecular flexibility index (Phi) is 2.19. The largest absolute Gasteiger partial charge is 0.504 e. The first-order valence-corrected chi connectivity index (χ1v) is 3.24. The Bertz CT molecular complexity index is 309. The maximum absolute atomic E-state index is 10.2. The van der Waals surface area contributed by atoms with Crippen LogP contribution in [0.5, 0.6) is 11.5 Å². The molecule has 1 aromatic rings. The number of methoxy groups -OCH3 is 1. The molecule has 1 rings (SSSR count). The second-order valence-corrected chi connectivity index (χ2v) is 2.19. The smallest absolute Gasteiger partial charge is 0.237 e. The third kappa shape index (κ3) is 1.18. The normalized spacial score (nSPS) is 9.42. The van der Waals surface area contributed by atoms with Crippen LogP contribution < -0.4 is 10.5 Å². The first-order valence-electron chi connectivity index (χ1n) is 3.24. The van der Waals surface area contributed by atoms with Crippen molar-refractivity contribution in [3.05, 3.63) is 17.7 Å². The Morgan fingerprint density at radius 1 is 1.58 bits per heavy atom. The van der Waals surface area contributed by atoms with E-state index < -0.39 is 0 Å². The van der Waals surface area contributed by atoms with Gasteiger partial charge in [0.2, 0.25) is 6.29 Å². The van der Waals surface area contributed by atoms with Gasteiger partial charge in [-0.05, 0) is 12.1 Å². The van der Waals surface area contributed by atoms with Gasteiger partial charge in [-0.2, -0.15) is 0 Å². The topological polar surface area (TPSA) is 72.5 Å². The van der Waals surface area contributed by atoms with Gasteiger partial charge in [-0.3, -0.25) is 4.79 Å². The average Bonchev–Trinajstić information content (AvgIpc) is 2.06. The molecule has 0 aliphatic rings. The number of nitrogen functional groups attached to an aromatic ring is 1. The highest BCUT2D eigenvalue weighted by molar-refractivity contribution is 5.83. The first kappa shape index (κ1) is 8.39. The van der Waals surface area contributed by atoms with E-state index in [4.69, 9.17) is 10.5 Å². The number of nitrogens with two attached hydrogens (primary N) is 1. The molecule has 0 amide bonds. The van der Waals surface area contributed by atoms with Crippen molar-refractivity contribution in [3.63, 3.8) is 0 Å². The van der Waals surface area contributed by atoms with Gasteiger partial charge in [0.05, 0.1) is 18.4 Å². The summed E-state index contributed by atoms with van der Waals surface area (Å²) in [6.45, 7) is 0. The molecule has 0 aliphatic heterocycles. The van der Waals surface area contributed by atoms with E-state index in [0.717, 1.165) is 0 Å². The fraction of sp³-hybridized carbons (Fsp3) is 0.125. The van der Waals surface area contributed by atoms with Gasteiger partial charge < -0.3 is 15.6 Å². The molecule has 0 fully saturated rings. The second kappa shape index (κ2) is 3.13. The zero-order valence-electron chi connectivity index (χ0n) is 6.50. The van der Waals surface area contributed by atoms with Crippen molar-refractivity contribution < 1.29 is 14.6 Å². The minimum Gasteiger partial charge on any atom is -0.504 e. The van der Waals surface area contributed by atoms with Crippen molar-refractivity contribution >= 4 is 12.0 Å². The number of hydrogen-bond donors (Lipinski definition) is 2. The fourth-order valence-corrected chi connectivity index (χ4v) is 0.884. The van der Waals surface area contributed by atoms with Crippen LogP contribution in [0.3, 0.4) is 0 Å². The summed E-state index contributed by atoms with van der Waals surface area (Å²) < 4.78 is 4.76. The van der Waals surface area contributed by atoms with Crippen LogP contribution in [0.25, 0.3) is 0 Å². The van der Waals surface area contributed by atoms with Gasteiger partial charge in [-0.25, -0.2) is 0 Å². The summed E-state index contributed by atoms with van der Waals surface area (Å²) in [4.78, 5) is 10.2. The van der Waals surface area contributed by atoms with Crippen LogP contribution in [0.1, 0.15) is 5.56 Å². The summed E-state index contributed by atoms with van der Waals surface area (Å²) in [5.41, 5.74) is 5.77. The molecule has 0 spiro atoms. The van der Waals surface area contributed by atoms with Crippen LogP contribution in [-0.4, -0.2) is 18.5 Å². The van der Waals surface area contributed by atoms with Crippen LogP contribution in [-0.2, 0) is 4.79 Å². The highest BCUT2D eigenvalue weighted by Gasteiger charge is 2.10. The monoisotopic (exact) mass is 166 g/mol. The van der Waals surface area contributed by atoms with Crippen molar-refractivity contribution in [2.45, 2.75) is 0 Å². The van der Waals surface area contributed by atoms with Crippen LogP contribution >= 0.6 is 0 Å². The van der Waals surface area contributed by atoms with E-state index in [1.165, 1.54) is 19.2 Å². The van der Waals surface area contributed by atoms with E-state index in [-0.39, 0.29) is 22.7 Å². The molecule has 0 aliphatic carbocycles. The van der Waals surface area contributed by atoms with Gasteiger partial charge in [-0.1, -0.05) is 0 Å². The summed E-state index contributed by atoms with van der Waals surface area (Å²) in [7, 11) is 1.36. The van der Waals surface area contributed by atoms with Crippen molar-refractivity contribution in [2.24, 2.45) is 0 Å². The van der Waals surface area contributed by atoms with Gasteiger partial charge in [0.15, 0.2) is 11.5 Å². The lowest BCUT2D eigenvalue weighted by Gasteiger charge is -2.06. The number of phenolic OH excluding ortho intramolecular Hbond substituents is 1. The number of hydrogen-bond acceptors (Lipinski definition) is 4. The highest BCUT2D eigenvalue weighted by Crippen LogP contribution is 2.34. The number of anilines is 1. The molecule has 63 valence electrons. The molecule has 1 radical (unpaired) electrons. The number of phenols is 1. The number of carbonyl (C=O) groups excluding carboxylic acids is 1. The maximum atomic E-state index is 10.2. The van der Waals surface area contributed by atoms with E-state index in [1.54, 1.807) is 6.29 Å². The fourth-order valence-electron chi connectivity index (χ4n) is 0.884. The molecule has 0 unspecified atom stereocenters. The van der Waals surface area contributed by atoms with Crippen molar-refractivity contribution in [2.75, 3.05) is 12.8 Å². The first-order chi connectivity index (χ1) is 5.70. The second-order valence-electron chi connectivity index (χ2n) is 2.19. The highest BCUT2D eigenvalue weighted by atomic mass is 16.5. The van der Waals surface area contributed by atoms with Crippen LogP contribution in [0.2, 0.25) is 0 Å². The van der Waals surface area contributed by atoms with Crippen LogP contribution in [0, 0.1) is 0 Å². The number of benzene rings is 1. The third-order valence-corrected chi connectivity index (χ3v) is 1.48. The maximum Gasteiger partial charge on any atom is 0.237 e. The van der Waals surface area contributed by atoms with Crippen LogP contribution in [0.4, 0.5) is 5.69 Å². The molecule has 3 N–H and O–H groups in total. The molecule has 0 heterocycles. The molecular formula is C8H8NO3. The quantitative estimate of drug-likeness (QED) is 0.625.